The highest BCUT2D eigenvalue weighted by Gasteiger charge is 2.07. The minimum absolute atomic E-state index is 0.0461. The van der Waals surface area contributed by atoms with Crippen molar-refractivity contribution in [1.82, 2.24) is 0 Å². The van der Waals surface area contributed by atoms with Crippen molar-refractivity contribution in [1.29, 1.82) is 0 Å². The van der Waals surface area contributed by atoms with E-state index in [1.54, 1.807) is 0 Å². The summed E-state index contributed by atoms with van der Waals surface area (Å²) < 4.78 is 13.7. The van der Waals surface area contributed by atoms with Crippen molar-refractivity contribution in [3.05, 3.63) is 23.3 Å². The van der Waals surface area contributed by atoms with Crippen LogP contribution in [0.3, 0.4) is 0 Å². The fourth-order valence-corrected chi connectivity index (χ4v) is 2.30. The minimum atomic E-state index is -0.304. The average molecular weight is 200 g/mol. The van der Waals surface area contributed by atoms with Crippen molar-refractivity contribution in [2.75, 3.05) is 0 Å². The lowest BCUT2D eigenvalue weighted by atomic mass is 10.2. The predicted octanol–water partition coefficient (Wildman–Crippen LogP) is 3.03. The van der Waals surface area contributed by atoms with Crippen LogP contribution < -0.4 is 0 Å². The van der Waals surface area contributed by atoms with Gasteiger partial charge in [0, 0.05) is 15.7 Å². The number of benzene rings is 1. The maximum Gasteiger partial charge on any atom is 0.141 e. The lowest BCUT2D eigenvalue weighted by Crippen LogP contribution is -1.71. The molecule has 0 unspecified atom stereocenters. The predicted molar refractivity (Wildman–Crippen MR) is 50.7 cm³/mol. The summed E-state index contributed by atoms with van der Waals surface area (Å²) in [7, 11) is 0. The second kappa shape index (κ2) is 2.64. The van der Waals surface area contributed by atoms with Crippen LogP contribution in [0.1, 0.15) is 0 Å². The Morgan fingerprint density at radius 1 is 1.42 bits per heavy atom. The van der Waals surface area contributed by atoms with Crippen LogP contribution in [0, 0.1) is 5.82 Å². The Kier molecular flexibility index (Phi) is 1.73. The van der Waals surface area contributed by atoms with Gasteiger partial charge in [0.05, 0.1) is 4.70 Å². The first kappa shape index (κ1) is 7.89. The molecule has 0 aliphatic rings. The van der Waals surface area contributed by atoms with Crippen LogP contribution in [0.25, 0.3) is 10.1 Å². The number of phenols is 1. The molecule has 0 fully saturated rings. The van der Waals surface area contributed by atoms with E-state index >= 15 is 0 Å². The number of halogens is 1. The van der Waals surface area contributed by atoms with Crippen molar-refractivity contribution in [2.45, 2.75) is 4.90 Å². The van der Waals surface area contributed by atoms with Crippen molar-refractivity contribution < 1.29 is 9.50 Å². The molecule has 1 nitrogen and oxygen atoms in total. The third kappa shape index (κ3) is 1.07. The maximum atomic E-state index is 13.0. The van der Waals surface area contributed by atoms with Crippen molar-refractivity contribution in [3.63, 3.8) is 0 Å². The monoisotopic (exact) mass is 200 g/mol. The lowest BCUT2D eigenvalue weighted by Gasteiger charge is -1.96. The molecular weight excluding hydrogens is 195 g/mol. The van der Waals surface area contributed by atoms with Gasteiger partial charge < -0.3 is 5.11 Å². The Labute approximate surface area is 77.9 Å². The number of rotatable bonds is 0. The molecule has 0 bridgehead atoms. The smallest absolute Gasteiger partial charge is 0.141 e. The summed E-state index contributed by atoms with van der Waals surface area (Å²) in [5, 5.41) is 11.0. The third-order valence-electron chi connectivity index (χ3n) is 1.59. The fourth-order valence-electron chi connectivity index (χ4n) is 1.07. The highest BCUT2D eigenvalue weighted by molar-refractivity contribution is 7.80. The molecule has 0 radical (unpaired) electrons. The van der Waals surface area contributed by atoms with E-state index in [1.807, 2.05) is 0 Å². The van der Waals surface area contributed by atoms with E-state index in [2.05, 4.69) is 12.6 Å². The molecule has 0 saturated carbocycles. The Balaban J connectivity index is 2.92. The zero-order valence-electron chi connectivity index (χ0n) is 5.91. The highest BCUT2D eigenvalue weighted by atomic mass is 32.1. The molecule has 2 rings (SSSR count). The van der Waals surface area contributed by atoms with E-state index in [4.69, 9.17) is 5.11 Å². The highest BCUT2D eigenvalue weighted by Crippen LogP contribution is 2.33. The second-order valence-corrected chi connectivity index (χ2v) is 3.79. The summed E-state index contributed by atoms with van der Waals surface area (Å²) in [6, 6.07) is 2.91. The number of hydrogen-bond acceptors (Lipinski definition) is 3. The Hall–Kier alpha value is -0.740. The molecule has 62 valence electrons. The summed E-state index contributed by atoms with van der Waals surface area (Å²) in [6.07, 6.45) is 0. The summed E-state index contributed by atoms with van der Waals surface area (Å²) in [5.41, 5.74) is 0. The molecule has 0 aliphatic heterocycles. The Morgan fingerprint density at radius 3 is 2.92 bits per heavy atom. The van der Waals surface area contributed by atoms with Gasteiger partial charge in [-0.1, -0.05) is 0 Å². The number of fused-ring (bicyclic) bond motifs is 1. The Morgan fingerprint density at radius 2 is 2.17 bits per heavy atom. The normalized spacial score (nSPS) is 10.8. The van der Waals surface area contributed by atoms with Gasteiger partial charge in [0.15, 0.2) is 0 Å². The van der Waals surface area contributed by atoms with Gasteiger partial charge in [-0.05, 0) is 12.1 Å². The summed E-state index contributed by atoms with van der Waals surface area (Å²) in [6.45, 7) is 0. The van der Waals surface area contributed by atoms with Crippen LogP contribution in [-0.2, 0) is 0 Å². The van der Waals surface area contributed by atoms with Crippen LogP contribution in [0.15, 0.2) is 22.4 Å². The molecule has 1 heterocycles. The number of thiol groups is 1. The largest absolute Gasteiger partial charge is 0.508 e. The third-order valence-corrected chi connectivity index (χ3v) is 3.10. The molecule has 0 spiro atoms. The van der Waals surface area contributed by atoms with Crippen molar-refractivity contribution in [2.24, 2.45) is 0 Å². The fraction of sp³-hybridized carbons (Fsp3) is 0. The van der Waals surface area contributed by atoms with Gasteiger partial charge in [0.25, 0.3) is 0 Å². The zero-order valence-corrected chi connectivity index (χ0v) is 7.62. The van der Waals surface area contributed by atoms with Gasteiger partial charge in [0.1, 0.15) is 11.6 Å². The molecule has 0 amide bonds. The first-order valence-corrected chi connectivity index (χ1v) is 4.60. The average Bonchev–Trinajstić information content (AvgIpc) is 2.33. The standard InChI is InChI=1S/C8H5FOS2/c9-6-3-12-8-5(6)1-4(10)2-7(8)11/h1-3,10-11H. The molecule has 4 heteroatoms. The summed E-state index contributed by atoms with van der Waals surface area (Å²) in [5.74, 6) is -0.258. The topological polar surface area (TPSA) is 20.2 Å². The molecule has 12 heavy (non-hydrogen) atoms. The second-order valence-electron chi connectivity index (χ2n) is 2.43. The molecule has 0 aliphatic carbocycles. The maximum absolute atomic E-state index is 13.0. The van der Waals surface area contributed by atoms with E-state index in [-0.39, 0.29) is 11.6 Å². The molecule has 1 aromatic carbocycles. The molecular formula is C8H5FOS2. The molecule has 1 aromatic heterocycles. The minimum Gasteiger partial charge on any atom is -0.508 e. The van der Waals surface area contributed by atoms with Crippen LogP contribution in [0.5, 0.6) is 5.75 Å². The van der Waals surface area contributed by atoms with Gasteiger partial charge >= 0.3 is 0 Å². The Bertz CT molecular complexity index is 436. The SMILES string of the molecule is Oc1cc(S)c2scc(F)c2c1. The molecule has 0 atom stereocenters. The number of phenolic OH excluding ortho intramolecular Hbond substituents is 1. The van der Waals surface area contributed by atoms with E-state index in [0.717, 1.165) is 4.70 Å². The number of aromatic hydroxyl groups is 1. The van der Waals surface area contributed by atoms with Gasteiger partial charge in [-0.3, -0.25) is 0 Å². The van der Waals surface area contributed by atoms with Gasteiger partial charge in [-0.15, -0.1) is 24.0 Å². The lowest BCUT2D eigenvalue weighted by molar-refractivity contribution is 0.474. The zero-order chi connectivity index (χ0) is 8.72. The van der Waals surface area contributed by atoms with E-state index in [1.165, 1.54) is 28.8 Å². The van der Waals surface area contributed by atoms with Gasteiger partial charge in [-0.25, -0.2) is 4.39 Å². The summed E-state index contributed by atoms with van der Waals surface area (Å²) in [4.78, 5) is 0.610. The first-order chi connectivity index (χ1) is 5.68. The molecule has 1 N–H and O–H groups in total. The van der Waals surface area contributed by atoms with Gasteiger partial charge in [0.2, 0.25) is 0 Å². The summed E-state index contributed by atoms with van der Waals surface area (Å²) >= 11 is 5.40. The van der Waals surface area contributed by atoms with Crippen LogP contribution >= 0.6 is 24.0 Å². The number of thiophene rings is 1. The van der Waals surface area contributed by atoms with Crippen LogP contribution in [0.4, 0.5) is 4.39 Å². The first-order valence-electron chi connectivity index (χ1n) is 3.27. The van der Waals surface area contributed by atoms with E-state index < -0.39 is 0 Å². The van der Waals surface area contributed by atoms with Gasteiger partial charge in [-0.2, -0.15) is 0 Å². The molecule has 0 saturated heterocycles. The van der Waals surface area contributed by atoms with Crippen molar-refractivity contribution >= 4 is 34.1 Å². The van der Waals surface area contributed by atoms with Crippen molar-refractivity contribution in [3.8, 4) is 5.75 Å². The molecule has 2 aromatic rings. The number of hydrogen-bond donors (Lipinski definition) is 2. The van der Waals surface area contributed by atoms with Crippen LogP contribution in [0.2, 0.25) is 0 Å². The quantitative estimate of drug-likeness (QED) is 0.626. The van der Waals surface area contributed by atoms with E-state index in [9.17, 15) is 4.39 Å². The van der Waals surface area contributed by atoms with E-state index in [0.29, 0.717) is 10.3 Å². The van der Waals surface area contributed by atoms with Crippen LogP contribution in [-0.4, -0.2) is 5.11 Å².